The number of aliphatic hydroxyl groups is 1. The van der Waals surface area contributed by atoms with Gasteiger partial charge < -0.3 is 20.1 Å². The lowest BCUT2D eigenvalue weighted by atomic mass is 9.79. The van der Waals surface area contributed by atoms with Crippen LogP contribution in [0.5, 0.6) is 0 Å². The predicted molar refractivity (Wildman–Crippen MR) is 110 cm³/mol. The third-order valence-electron chi connectivity index (χ3n) is 5.85. The van der Waals surface area contributed by atoms with Crippen molar-refractivity contribution in [2.75, 3.05) is 56.7 Å². The smallest absolute Gasteiger partial charge is 0.227 e. The Morgan fingerprint density at radius 1 is 1.14 bits per heavy atom. The lowest BCUT2D eigenvalue weighted by molar-refractivity contribution is -0.0912. The van der Waals surface area contributed by atoms with Crippen LogP contribution in [0.4, 0.5) is 11.8 Å². The molecule has 2 aromatic rings. The van der Waals surface area contributed by atoms with E-state index < -0.39 is 5.60 Å². The van der Waals surface area contributed by atoms with Crippen molar-refractivity contribution in [2.45, 2.75) is 25.0 Å². The van der Waals surface area contributed by atoms with E-state index in [1.807, 2.05) is 50.4 Å². The van der Waals surface area contributed by atoms with E-state index in [2.05, 4.69) is 25.1 Å². The molecule has 150 valence electrons. The SMILES string of the molecule is CNc1cc(C)nc(N2CC[C@](O)(c3ccccc3)[C@H](N3CCOCC3)C2)n1. The minimum atomic E-state index is -0.898. The Morgan fingerprint density at radius 2 is 1.89 bits per heavy atom. The summed E-state index contributed by atoms with van der Waals surface area (Å²) >= 11 is 0. The van der Waals surface area contributed by atoms with Crippen molar-refractivity contribution in [3.05, 3.63) is 47.7 Å². The molecule has 1 aromatic heterocycles. The number of hydrogen-bond acceptors (Lipinski definition) is 7. The fraction of sp³-hybridized carbons (Fsp3) is 0.524. The molecular formula is C21H29N5O2. The van der Waals surface area contributed by atoms with Gasteiger partial charge in [-0.2, -0.15) is 4.98 Å². The average molecular weight is 383 g/mol. The maximum Gasteiger partial charge on any atom is 0.227 e. The van der Waals surface area contributed by atoms with E-state index in [0.29, 0.717) is 32.7 Å². The maximum atomic E-state index is 11.8. The maximum absolute atomic E-state index is 11.8. The van der Waals surface area contributed by atoms with Crippen molar-refractivity contribution in [1.29, 1.82) is 0 Å². The summed E-state index contributed by atoms with van der Waals surface area (Å²) in [5.74, 6) is 1.53. The van der Waals surface area contributed by atoms with E-state index in [-0.39, 0.29) is 6.04 Å². The van der Waals surface area contributed by atoms with Crippen molar-refractivity contribution in [1.82, 2.24) is 14.9 Å². The van der Waals surface area contributed by atoms with Crippen LogP contribution in [0.1, 0.15) is 17.7 Å². The van der Waals surface area contributed by atoms with Gasteiger partial charge in [0.25, 0.3) is 0 Å². The zero-order valence-electron chi connectivity index (χ0n) is 16.6. The molecule has 0 aliphatic carbocycles. The van der Waals surface area contributed by atoms with Gasteiger partial charge in [-0.05, 0) is 18.9 Å². The summed E-state index contributed by atoms with van der Waals surface area (Å²) in [4.78, 5) is 13.9. The molecule has 0 amide bonds. The summed E-state index contributed by atoms with van der Waals surface area (Å²) in [7, 11) is 1.87. The molecule has 2 atom stereocenters. The Kier molecular flexibility index (Phi) is 5.48. The summed E-state index contributed by atoms with van der Waals surface area (Å²) in [5.41, 5.74) is 1.01. The Labute approximate surface area is 166 Å². The molecular weight excluding hydrogens is 354 g/mol. The molecule has 0 bridgehead atoms. The molecule has 0 unspecified atom stereocenters. The highest BCUT2D eigenvalue weighted by molar-refractivity contribution is 5.44. The predicted octanol–water partition coefficient (Wildman–Crippen LogP) is 1.63. The van der Waals surface area contributed by atoms with E-state index in [1.54, 1.807) is 0 Å². The zero-order chi connectivity index (χ0) is 19.6. The van der Waals surface area contributed by atoms with Gasteiger partial charge in [-0.25, -0.2) is 4.98 Å². The van der Waals surface area contributed by atoms with Crippen LogP contribution < -0.4 is 10.2 Å². The first kappa shape index (κ1) is 19.1. The van der Waals surface area contributed by atoms with Gasteiger partial charge in [0.05, 0.1) is 19.3 Å². The molecule has 4 rings (SSSR count). The summed E-state index contributed by atoms with van der Waals surface area (Å²) in [5, 5.41) is 14.9. The normalized spacial score (nSPS) is 26.2. The lowest BCUT2D eigenvalue weighted by Gasteiger charge is -2.50. The summed E-state index contributed by atoms with van der Waals surface area (Å²) in [6.45, 7) is 6.42. The summed E-state index contributed by atoms with van der Waals surface area (Å²) in [6, 6.07) is 11.9. The van der Waals surface area contributed by atoms with Gasteiger partial charge in [0, 0.05) is 45.0 Å². The zero-order valence-corrected chi connectivity index (χ0v) is 16.6. The van der Waals surface area contributed by atoms with E-state index in [0.717, 1.165) is 36.1 Å². The Balaban J connectivity index is 1.66. The first-order valence-corrected chi connectivity index (χ1v) is 9.98. The number of aromatic nitrogens is 2. The molecule has 2 aliphatic rings. The fourth-order valence-electron chi connectivity index (χ4n) is 4.30. The second-order valence-corrected chi connectivity index (χ2v) is 7.60. The monoisotopic (exact) mass is 383 g/mol. The Hall–Kier alpha value is -2.22. The van der Waals surface area contributed by atoms with Crippen LogP contribution >= 0.6 is 0 Å². The standard InChI is InChI=1S/C21H29N5O2/c1-16-14-19(22-2)24-20(23-16)26-9-8-21(27,17-6-4-3-5-7-17)18(15-26)25-10-12-28-13-11-25/h3-7,14,18,27H,8-13,15H2,1-2H3,(H,22,23,24)/t18-,21+/m1/s1. The van der Waals surface area contributed by atoms with Gasteiger partial charge in [0.1, 0.15) is 11.4 Å². The highest BCUT2D eigenvalue weighted by Crippen LogP contribution is 2.37. The largest absolute Gasteiger partial charge is 0.383 e. The van der Waals surface area contributed by atoms with Crippen LogP contribution in [-0.2, 0) is 10.3 Å². The lowest BCUT2D eigenvalue weighted by Crippen LogP contribution is -2.63. The molecule has 2 aliphatic heterocycles. The molecule has 0 radical (unpaired) electrons. The molecule has 7 nitrogen and oxygen atoms in total. The average Bonchev–Trinajstić information content (AvgIpc) is 2.75. The summed E-state index contributed by atoms with van der Waals surface area (Å²) < 4.78 is 5.55. The van der Waals surface area contributed by atoms with Crippen LogP contribution in [0, 0.1) is 6.92 Å². The van der Waals surface area contributed by atoms with Gasteiger partial charge in [-0.3, -0.25) is 4.90 Å². The number of ether oxygens (including phenoxy) is 1. The van der Waals surface area contributed by atoms with Gasteiger partial charge in [0.2, 0.25) is 5.95 Å². The number of aryl methyl sites for hydroxylation is 1. The highest BCUT2D eigenvalue weighted by Gasteiger charge is 2.46. The molecule has 28 heavy (non-hydrogen) atoms. The number of morpholine rings is 1. The highest BCUT2D eigenvalue weighted by atomic mass is 16.5. The van der Waals surface area contributed by atoms with Crippen molar-refractivity contribution in [2.24, 2.45) is 0 Å². The van der Waals surface area contributed by atoms with Crippen LogP contribution in [0.25, 0.3) is 0 Å². The van der Waals surface area contributed by atoms with Crippen molar-refractivity contribution in [3.63, 3.8) is 0 Å². The third-order valence-corrected chi connectivity index (χ3v) is 5.85. The number of nitrogens with one attached hydrogen (secondary N) is 1. The van der Waals surface area contributed by atoms with Crippen molar-refractivity contribution >= 4 is 11.8 Å². The van der Waals surface area contributed by atoms with Gasteiger partial charge in [0.15, 0.2) is 0 Å². The molecule has 1 aromatic carbocycles. The molecule has 2 N–H and O–H groups in total. The number of benzene rings is 1. The van der Waals surface area contributed by atoms with Gasteiger partial charge in [-0.15, -0.1) is 0 Å². The van der Waals surface area contributed by atoms with Gasteiger partial charge >= 0.3 is 0 Å². The van der Waals surface area contributed by atoms with Crippen LogP contribution in [0.3, 0.4) is 0 Å². The number of hydrogen-bond donors (Lipinski definition) is 2. The minimum absolute atomic E-state index is 0.0466. The Bertz CT molecular complexity index is 797. The van der Waals surface area contributed by atoms with Crippen LogP contribution in [0.15, 0.2) is 36.4 Å². The van der Waals surface area contributed by atoms with E-state index in [9.17, 15) is 5.11 Å². The quantitative estimate of drug-likeness (QED) is 0.831. The van der Waals surface area contributed by atoms with E-state index in [4.69, 9.17) is 4.74 Å². The number of anilines is 2. The number of nitrogens with zero attached hydrogens (tertiary/aromatic N) is 4. The van der Waals surface area contributed by atoms with Crippen LogP contribution in [-0.4, -0.2) is 72.5 Å². The molecule has 2 fully saturated rings. The minimum Gasteiger partial charge on any atom is -0.383 e. The van der Waals surface area contributed by atoms with E-state index in [1.165, 1.54) is 0 Å². The third kappa shape index (κ3) is 3.70. The molecule has 2 saturated heterocycles. The molecule has 0 spiro atoms. The Morgan fingerprint density at radius 3 is 2.61 bits per heavy atom. The second kappa shape index (κ2) is 8.03. The molecule has 3 heterocycles. The molecule has 7 heteroatoms. The molecule has 0 saturated carbocycles. The van der Waals surface area contributed by atoms with Gasteiger partial charge in [-0.1, -0.05) is 30.3 Å². The van der Waals surface area contributed by atoms with Crippen molar-refractivity contribution < 1.29 is 9.84 Å². The van der Waals surface area contributed by atoms with Crippen LogP contribution in [0.2, 0.25) is 0 Å². The topological polar surface area (TPSA) is 73.8 Å². The fourth-order valence-corrected chi connectivity index (χ4v) is 4.30. The first-order chi connectivity index (χ1) is 13.6. The number of piperidine rings is 1. The van der Waals surface area contributed by atoms with Crippen molar-refractivity contribution in [3.8, 4) is 0 Å². The first-order valence-electron chi connectivity index (χ1n) is 9.98. The second-order valence-electron chi connectivity index (χ2n) is 7.60. The number of rotatable bonds is 4. The van der Waals surface area contributed by atoms with E-state index >= 15 is 0 Å². The summed E-state index contributed by atoms with van der Waals surface area (Å²) in [6.07, 6.45) is 0.630.